The zero-order chi connectivity index (χ0) is 10.6. The van der Waals surface area contributed by atoms with Crippen molar-refractivity contribution in [2.24, 2.45) is 0 Å². The SMILES string of the molecule is CCCc1cc(F)cc(F)c1OCC. The van der Waals surface area contributed by atoms with Gasteiger partial charge in [0, 0.05) is 11.6 Å². The van der Waals surface area contributed by atoms with Crippen molar-refractivity contribution in [2.45, 2.75) is 26.7 Å². The maximum atomic E-state index is 13.3. The summed E-state index contributed by atoms with van der Waals surface area (Å²) in [6.45, 7) is 4.12. The van der Waals surface area contributed by atoms with Gasteiger partial charge < -0.3 is 4.74 Å². The van der Waals surface area contributed by atoms with E-state index in [9.17, 15) is 8.78 Å². The van der Waals surface area contributed by atoms with Gasteiger partial charge in [-0.1, -0.05) is 13.3 Å². The Morgan fingerprint density at radius 3 is 2.50 bits per heavy atom. The summed E-state index contributed by atoms with van der Waals surface area (Å²) in [7, 11) is 0. The molecule has 1 nitrogen and oxygen atoms in total. The van der Waals surface area contributed by atoms with E-state index in [2.05, 4.69) is 0 Å². The van der Waals surface area contributed by atoms with Gasteiger partial charge in [-0.25, -0.2) is 8.78 Å². The van der Waals surface area contributed by atoms with E-state index in [0.29, 0.717) is 18.6 Å². The fourth-order valence-electron chi connectivity index (χ4n) is 1.37. The van der Waals surface area contributed by atoms with Crippen molar-refractivity contribution < 1.29 is 13.5 Å². The Morgan fingerprint density at radius 1 is 1.21 bits per heavy atom. The lowest BCUT2D eigenvalue weighted by Gasteiger charge is -2.10. The molecular weight excluding hydrogens is 186 g/mol. The molecule has 0 aliphatic rings. The van der Waals surface area contributed by atoms with Crippen LogP contribution in [0, 0.1) is 11.6 Å². The molecule has 0 aliphatic heterocycles. The van der Waals surface area contributed by atoms with Gasteiger partial charge in [-0.05, 0) is 19.4 Å². The average Bonchev–Trinajstić information content (AvgIpc) is 2.11. The first kappa shape index (κ1) is 11.0. The van der Waals surface area contributed by atoms with Crippen LogP contribution in [0.5, 0.6) is 5.75 Å². The molecule has 0 bridgehead atoms. The van der Waals surface area contributed by atoms with E-state index in [1.54, 1.807) is 6.92 Å². The normalized spacial score (nSPS) is 10.3. The Labute approximate surface area is 82.7 Å². The highest BCUT2D eigenvalue weighted by Gasteiger charge is 2.11. The lowest BCUT2D eigenvalue weighted by Crippen LogP contribution is -2.00. The lowest BCUT2D eigenvalue weighted by atomic mass is 10.1. The van der Waals surface area contributed by atoms with E-state index in [-0.39, 0.29) is 5.75 Å². The van der Waals surface area contributed by atoms with Crippen LogP contribution in [0.1, 0.15) is 25.8 Å². The Bertz CT molecular complexity index is 310. The Balaban J connectivity index is 3.07. The van der Waals surface area contributed by atoms with Crippen molar-refractivity contribution in [3.05, 3.63) is 29.3 Å². The summed E-state index contributed by atoms with van der Waals surface area (Å²) < 4.78 is 31.3. The van der Waals surface area contributed by atoms with Crippen LogP contribution in [-0.4, -0.2) is 6.61 Å². The molecule has 0 saturated heterocycles. The van der Waals surface area contributed by atoms with E-state index in [0.717, 1.165) is 12.5 Å². The fourth-order valence-corrected chi connectivity index (χ4v) is 1.37. The van der Waals surface area contributed by atoms with E-state index >= 15 is 0 Å². The van der Waals surface area contributed by atoms with Gasteiger partial charge in [0.25, 0.3) is 0 Å². The first-order valence-corrected chi connectivity index (χ1v) is 4.79. The van der Waals surface area contributed by atoms with Crippen molar-refractivity contribution in [2.75, 3.05) is 6.61 Å². The third kappa shape index (κ3) is 2.44. The second kappa shape index (κ2) is 4.94. The monoisotopic (exact) mass is 200 g/mol. The molecule has 0 spiro atoms. The Kier molecular flexibility index (Phi) is 3.86. The zero-order valence-electron chi connectivity index (χ0n) is 8.44. The number of hydrogen-bond donors (Lipinski definition) is 0. The third-order valence-electron chi connectivity index (χ3n) is 1.89. The van der Waals surface area contributed by atoms with Crippen LogP contribution in [0.4, 0.5) is 8.78 Å². The molecule has 1 aromatic rings. The summed E-state index contributed by atoms with van der Waals surface area (Å²) in [5.74, 6) is -0.972. The second-order valence-electron chi connectivity index (χ2n) is 3.06. The van der Waals surface area contributed by atoms with Crippen LogP contribution in [0.15, 0.2) is 12.1 Å². The van der Waals surface area contributed by atoms with Gasteiger partial charge in [0.2, 0.25) is 0 Å². The average molecular weight is 200 g/mol. The Morgan fingerprint density at radius 2 is 1.93 bits per heavy atom. The summed E-state index contributed by atoms with van der Waals surface area (Å²) in [5.41, 5.74) is 0.604. The van der Waals surface area contributed by atoms with E-state index in [1.807, 2.05) is 6.92 Å². The maximum absolute atomic E-state index is 13.3. The molecule has 0 radical (unpaired) electrons. The predicted octanol–water partition coefficient (Wildman–Crippen LogP) is 3.32. The summed E-state index contributed by atoms with van der Waals surface area (Å²) in [4.78, 5) is 0. The summed E-state index contributed by atoms with van der Waals surface area (Å²) >= 11 is 0. The van der Waals surface area contributed by atoms with Gasteiger partial charge in [-0.15, -0.1) is 0 Å². The third-order valence-corrected chi connectivity index (χ3v) is 1.89. The topological polar surface area (TPSA) is 9.23 Å². The molecule has 0 heterocycles. The number of halogens is 2. The molecule has 0 aliphatic carbocycles. The molecule has 78 valence electrons. The van der Waals surface area contributed by atoms with Gasteiger partial charge in [-0.3, -0.25) is 0 Å². The minimum atomic E-state index is -0.615. The largest absolute Gasteiger partial charge is 0.491 e. The number of rotatable bonds is 4. The molecule has 1 rings (SSSR count). The number of aryl methyl sites for hydroxylation is 1. The van der Waals surface area contributed by atoms with E-state index in [4.69, 9.17) is 4.74 Å². The highest BCUT2D eigenvalue weighted by Crippen LogP contribution is 2.25. The molecular formula is C11H14F2O. The predicted molar refractivity (Wildman–Crippen MR) is 51.5 cm³/mol. The zero-order valence-corrected chi connectivity index (χ0v) is 8.44. The molecule has 0 atom stereocenters. The van der Waals surface area contributed by atoms with Crippen LogP contribution in [0.2, 0.25) is 0 Å². The highest BCUT2D eigenvalue weighted by atomic mass is 19.1. The second-order valence-corrected chi connectivity index (χ2v) is 3.06. The number of hydrogen-bond acceptors (Lipinski definition) is 1. The summed E-state index contributed by atoms with van der Waals surface area (Å²) in [5, 5.41) is 0. The van der Waals surface area contributed by atoms with Gasteiger partial charge in [0.15, 0.2) is 11.6 Å². The summed E-state index contributed by atoms with van der Waals surface area (Å²) in [6, 6.07) is 2.18. The standard InChI is InChI=1S/C11H14F2O/c1-3-5-8-6-9(12)7-10(13)11(8)14-4-2/h6-7H,3-5H2,1-2H3. The first-order valence-electron chi connectivity index (χ1n) is 4.79. The van der Waals surface area contributed by atoms with E-state index in [1.165, 1.54) is 6.07 Å². The summed E-state index contributed by atoms with van der Waals surface area (Å²) in [6.07, 6.45) is 1.47. The van der Waals surface area contributed by atoms with Crippen molar-refractivity contribution in [1.29, 1.82) is 0 Å². The fraction of sp³-hybridized carbons (Fsp3) is 0.455. The molecule has 0 amide bonds. The van der Waals surface area contributed by atoms with Crippen LogP contribution >= 0.6 is 0 Å². The molecule has 1 aromatic carbocycles. The molecule has 0 N–H and O–H groups in total. The van der Waals surface area contributed by atoms with Gasteiger partial charge >= 0.3 is 0 Å². The minimum absolute atomic E-state index is 0.191. The molecule has 14 heavy (non-hydrogen) atoms. The van der Waals surface area contributed by atoms with E-state index < -0.39 is 11.6 Å². The molecule has 0 aromatic heterocycles. The molecule has 3 heteroatoms. The number of ether oxygens (including phenoxy) is 1. The van der Waals surface area contributed by atoms with Crippen LogP contribution in [0.25, 0.3) is 0 Å². The van der Waals surface area contributed by atoms with Crippen LogP contribution in [0.3, 0.4) is 0 Å². The van der Waals surface area contributed by atoms with Gasteiger partial charge in [-0.2, -0.15) is 0 Å². The van der Waals surface area contributed by atoms with Crippen molar-refractivity contribution in [1.82, 2.24) is 0 Å². The Hall–Kier alpha value is -1.12. The highest BCUT2D eigenvalue weighted by molar-refractivity contribution is 5.35. The van der Waals surface area contributed by atoms with Crippen molar-refractivity contribution in [3.63, 3.8) is 0 Å². The molecule has 0 unspecified atom stereocenters. The molecule has 0 saturated carbocycles. The van der Waals surface area contributed by atoms with Crippen LogP contribution < -0.4 is 4.74 Å². The minimum Gasteiger partial charge on any atom is -0.491 e. The molecule has 0 fully saturated rings. The smallest absolute Gasteiger partial charge is 0.168 e. The number of benzene rings is 1. The quantitative estimate of drug-likeness (QED) is 0.724. The van der Waals surface area contributed by atoms with Gasteiger partial charge in [0.05, 0.1) is 6.61 Å². The first-order chi connectivity index (χ1) is 6.69. The van der Waals surface area contributed by atoms with Gasteiger partial charge in [0.1, 0.15) is 5.82 Å². The van der Waals surface area contributed by atoms with Crippen molar-refractivity contribution in [3.8, 4) is 5.75 Å². The van der Waals surface area contributed by atoms with Crippen molar-refractivity contribution >= 4 is 0 Å². The lowest BCUT2D eigenvalue weighted by molar-refractivity contribution is 0.316. The maximum Gasteiger partial charge on any atom is 0.168 e. The van der Waals surface area contributed by atoms with Crippen LogP contribution in [-0.2, 0) is 6.42 Å².